The molecule has 1 aromatic rings. The van der Waals surface area contributed by atoms with Gasteiger partial charge in [0, 0.05) is 13.1 Å². The molecule has 0 aliphatic carbocycles. The van der Waals surface area contributed by atoms with Gasteiger partial charge in [-0.2, -0.15) is 0 Å². The average Bonchev–Trinajstić information content (AvgIpc) is 2.51. The van der Waals surface area contributed by atoms with E-state index in [1.807, 2.05) is 30.3 Å². The van der Waals surface area contributed by atoms with Gasteiger partial charge in [0.25, 0.3) is 0 Å². The van der Waals surface area contributed by atoms with E-state index >= 15 is 0 Å². The smallest absolute Gasteiger partial charge is 0.410 e. The quantitative estimate of drug-likeness (QED) is 0.580. The predicted octanol–water partition coefficient (Wildman–Crippen LogP) is 1.73. The van der Waals surface area contributed by atoms with Crippen LogP contribution in [0.2, 0.25) is 0 Å². The van der Waals surface area contributed by atoms with Crippen LogP contribution in [0.3, 0.4) is 0 Å². The molecule has 0 unspecified atom stereocenters. The summed E-state index contributed by atoms with van der Waals surface area (Å²) in [4.78, 5) is 24.7. The summed E-state index contributed by atoms with van der Waals surface area (Å²) in [5.41, 5.74) is 6.30. The molecule has 0 heterocycles. The molecule has 0 saturated heterocycles. The van der Waals surface area contributed by atoms with E-state index in [1.54, 1.807) is 0 Å². The summed E-state index contributed by atoms with van der Waals surface area (Å²) in [5, 5.41) is 0. The van der Waals surface area contributed by atoms with Gasteiger partial charge in [-0.1, -0.05) is 43.0 Å². The third-order valence-electron chi connectivity index (χ3n) is 2.54. The summed E-state index contributed by atoms with van der Waals surface area (Å²) >= 11 is 0. The monoisotopic (exact) mass is 328 g/mol. The second-order valence-electron chi connectivity index (χ2n) is 4.22. The molecule has 1 amide bonds. The Balaban J connectivity index is 0.00000441. The Hall–Kier alpha value is -2.05. The minimum absolute atomic E-state index is 0. The van der Waals surface area contributed by atoms with Crippen molar-refractivity contribution in [1.82, 2.24) is 4.90 Å². The first-order chi connectivity index (χ1) is 10.2. The standard InChI is InChI=1S/C15H20N2O4.ClH/c1-2-10-20-14(18)11-17(9-8-16)15(19)21-12-13-6-4-3-5-7-13;/h2-7H,1,8-12,16H2;1H. The normalized spacial score (nSPS) is 9.32. The molecule has 0 spiro atoms. The van der Waals surface area contributed by atoms with E-state index < -0.39 is 12.1 Å². The molecule has 0 atom stereocenters. The van der Waals surface area contributed by atoms with Gasteiger partial charge < -0.3 is 15.2 Å². The van der Waals surface area contributed by atoms with Crippen molar-refractivity contribution in [1.29, 1.82) is 0 Å². The summed E-state index contributed by atoms with van der Waals surface area (Å²) in [6.07, 6.45) is 0.860. The number of rotatable bonds is 8. The van der Waals surface area contributed by atoms with Gasteiger partial charge in [-0.25, -0.2) is 4.79 Å². The lowest BCUT2D eigenvalue weighted by molar-refractivity contribution is -0.143. The summed E-state index contributed by atoms with van der Waals surface area (Å²) in [6.45, 7) is 3.95. The van der Waals surface area contributed by atoms with Crippen LogP contribution in [-0.2, 0) is 20.9 Å². The van der Waals surface area contributed by atoms with Crippen molar-refractivity contribution in [3.63, 3.8) is 0 Å². The van der Waals surface area contributed by atoms with Gasteiger partial charge in [0.05, 0.1) is 0 Å². The molecular formula is C15H21ClN2O4. The van der Waals surface area contributed by atoms with Crippen LogP contribution < -0.4 is 5.73 Å². The molecule has 0 radical (unpaired) electrons. The SMILES string of the molecule is C=CCOC(=O)CN(CCN)C(=O)OCc1ccccc1.Cl. The predicted molar refractivity (Wildman–Crippen MR) is 85.7 cm³/mol. The number of nitrogens with two attached hydrogens (primary N) is 1. The Bertz CT molecular complexity index is 468. The second-order valence-corrected chi connectivity index (χ2v) is 4.22. The largest absolute Gasteiger partial charge is 0.460 e. The number of nitrogens with zero attached hydrogens (tertiary/aromatic N) is 1. The van der Waals surface area contributed by atoms with Gasteiger partial charge >= 0.3 is 12.1 Å². The van der Waals surface area contributed by atoms with Crippen LogP contribution in [-0.4, -0.2) is 43.2 Å². The molecule has 1 rings (SSSR count). The van der Waals surface area contributed by atoms with E-state index in [4.69, 9.17) is 15.2 Å². The molecule has 0 fully saturated rings. The third kappa shape index (κ3) is 7.66. The number of carbonyl (C=O) groups is 2. The Morgan fingerprint density at radius 1 is 1.23 bits per heavy atom. The third-order valence-corrected chi connectivity index (χ3v) is 2.54. The van der Waals surface area contributed by atoms with Gasteiger partial charge in [0.1, 0.15) is 19.8 Å². The number of halogens is 1. The van der Waals surface area contributed by atoms with E-state index in [0.717, 1.165) is 5.56 Å². The van der Waals surface area contributed by atoms with Crippen LogP contribution in [0.5, 0.6) is 0 Å². The van der Waals surface area contributed by atoms with Crippen molar-refractivity contribution >= 4 is 24.5 Å². The van der Waals surface area contributed by atoms with E-state index in [1.165, 1.54) is 11.0 Å². The van der Waals surface area contributed by atoms with E-state index in [-0.39, 0.29) is 45.3 Å². The van der Waals surface area contributed by atoms with Gasteiger partial charge in [-0.05, 0) is 5.56 Å². The summed E-state index contributed by atoms with van der Waals surface area (Å²) in [5.74, 6) is -0.528. The maximum Gasteiger partial charge on any atom is 0.410 e. The van der Waals surface area contributed by atoms with Crippen LogP contribution in [0.1, 0.15) is 5.56 Å². The molecule has 0 bridgehead atoms. The molecule has 0 aromatic heterocycles. The van der Waals surface area contributed by atoms with Crippen molar-refractivity contribution < 1.29 is 19.1 Å². The van der Waals surface area contributed by atoms with Gasteiger partial charge in [-0.15, -0.1) is 12.4 Å². The molecule has 0 saturated carbocycles. The van der Waals surface area contributed by atoms with Crippen molar-refractivity contribution in [3.8, 4) is 0 Å². The topological polar surface area (TPSA) is 81.9 Å². The van der Waals surface area contributed by atoms with E-state index in [0.29, 0.717) is 0 Å². The Kier molecular flexibility index (Phi) is 10.5. The van der Waals surface area contributed by atoms with E-state index in [2.05, 4.69) is 6.58 Å². The summed E-state index contributed by atoms with van der Waals surface area (Å²) < 4.78 is 9.99. The second kappa shape index (κ2) is 11.6. The molecule has 22 heavy (non-hydrogen) atoms. The number of esters is 1. The zero-order chi connectivity index (χ0) is 15.5. The van der Waals surface area contributed by atoms with Crippen molar-refractivity contribution in [2.45, 2.75) is 6.61 Å². The minimum Gasteiger partial charge on any atom is -0.460 e. The summed E-state index contributed by atoms with van der Waals surface area (Å²) in [7, 11) is 0. The highest BCUT2D eigenvalue weighted by Crippen LogP contribution is 2.03. The first kappa shape index (κ1) is 19.9. The fraction of sp³-hybridized carbons (Fsp3) is 0.333. The van der Waals surface area contributed by atoms with Gasteiger partial charge in [-0.3, -0.25) is 9.69 Å². The fourth-order valence-corrected chi connectivity index (χ4v) is 1.55. The minimum atomic E-state index is -0.597. The molecule has 7 heteroatoms. The van der Waals surface area contributed by atoms with Crippen molar-refractivity contribution in [3.05, 3.63) is 48.6 Å². The number of hydrogen-bond donors (Lipinski definition) is 1. The molecule has 2 N–H and O–H groups in total. The Morgan fingerprint density at radius 2 is 1.91 bits per heavy atom. The molecule has 1 aromatic carbocycles. The fourth-order valence-electron chi connectivity index (χ4n) is 1.55. The first-order valence-electron chi connectivity index (χ1n) is 6.59. The molecule has 0 aliphatic rings. The maximum absolute atomic E-state index is 11.9. The van der Waals surface area contributed by atoms with Gasteiger partial charge in [0.2, 0.25) is 0 Å². The summed E-state index contributed by atoms with van der Waals surface area (Å²) in [6, 6.07) is 9.28. The zero-order valence-corrected chi connectivity index (χ0v) is 13.1. The first-order valence-corrected chi connectivity index (χ1v) is 6.59. The molecular weight excluding hydrogens is 308 g/mol. The highest BCUT2D eigenvalue weighted by Gasteiger charge is 2.18. The average molecular weight is 329 g/mol. The van der Waals surface area contributed by atoms with E-state index in [9.17, 15) is 9.59 Å². The van der Waals surface area contributed by atoms with Crippen LogP contribution in [0.15, 0.2) is 43.0 Å². The zero-order valence-electron chi connectivity index (χ0n) is 12.3. The number of carbonyl (C=O) groups excluding carboxylic acids is 2. The highest BCUT2D eigenvalue weighted by molar-refractivity contribution is 5.85. The van der Waals surface area contributed by atoms with Crippen LogP contribution >= 0.6 is 12.4 Å². The van der Waals surface area contributed by atoms with Crippen LogP contribution in [0, 0.1) is 0 Å². The number of benzene rings is 1. The number of ether oxygens (including phenoxy) is 2. The highest BCUT2D eigenvalue weighted by atomic mass is 35.5. The number of hydrogen-bond acceptors (Lipinski definition) is 5. The van der Waals surface area contributed by atoms with Gasteiger partial charge in [0.15, 0.2) is 0 Å². The van der Waals surface area contributed by atoms with Crippen LogP contribution in [0.25, 0.3) is 0 Å². The maximum atomic E-state index is 11.9. The van der Waals surface area contributed by atoms with Crippen molar-refractivity contribution in [2.24, 2.45) is 5.73 Å². The molecule has 0 aliphatic heterocycles. The van der Waals surface area contributed by atoms with Crippen LogP contribution in [0.4, 0.5) is 4.79 Å². The number of amides is 1. The molecule has 122 valence electrons. The Labute approximate surface area is 136 Å². The van der Waals surface area contributed by atoms with Crippen molar-refractivity contribution in [2.75, 3.05) is 26.2 Å². The Morgan fingerprint density at radius 3 is 2.50 bits per heavy atom. The lowest BCUT2D eigenvalue weighted by Crippen LogP contribution is -2.40. The molecule has 6 nitrogen and oxygen atoms in total. The lowest BCUT2D eigenvalue weighted by Gasteiger charge is -2.20. The lowest BCUT2D eigenvalue weighted by atomic mass is 10.2.